The van der Waals surface area contributed by atoms with Crippen molar-refractivity contribution in [1.29, 1.82) is 0 Å². The van der Waals surface area contributed by atoms with Crippen molar-refractivity contribution >= 4 is 23.4 Å². The molecule has 1 aromatic carbocycles. The fourth-order valence-corrected chi connectivity index (χ4v) is 7.05. The minimum atomic E-state index is -0.292. The maximum atomic E-state index is 13.5. The predicted molar refractivity (Wildman–Crippen MR) is 105 cm³/mol. The van der Waals surface area contributed by atoms with Gasteiger partial charge in [-0.3, -0.25) is 14.5 Å². The Bertz CT molecular complexity index is 938. The molecule has 1 aromatic rings. The summed E-state index contributed by atoms with van der Waals surface area (Å²) in [6, 6.07) is 9.36. The van der Waals surface area contributed by atoms with Crippen LogP contribution in [0.4, 0.5) is 5.69 Å². The van der Waals surface area contributed by atoms with Gasteiger partial charge in [0.1, 0.15) is 0 Å². The lowest BCUT2D eigenvalue weighted by molar-refractivity contribution is -0.144. The molecule has 2 heterocycles. The molecular weight excluding hydrogens is 352 g/mol. The van der Waals surface area contributed by atoms with E-state index in [2.05, 4.69) is 12.2 Å². The van der Waals surface area contributed by atoms with Gasteiger partial charge in [0.15, 0.2) is 5.90 Å². The first-order valence-electron chi connectivity index (χ1n) is 10.5. The number of aliphatic imine (C=N–C) groups is 1. The van der Waals surface area contributed by atoms with Gasteiger partial charge in [0, 0.05) is 11.8 Å². The molecule has 0 aromatic heterocycles. The number of anilines is 1. The van der Waals surface area contributed by atoms with E-state index in [1.165, 1.54) is 4.90 Å². The van der Waals surface area contributed by atoms with Gasteiger partial charge in [-0.05, 0) is 31.9 Å². The van der Waals surface area contributed by atoms with Crippen LogP contribution in [0, 0.1) is 29.1 Å². The highest BCUT2D eigenvalue weighted by Gasteiger charge is 2.79. The molecule has 0 radical (unpaired) electrons. The summed E-state index contributed by atoms with van der Waals surface area (Å²) in [5, 5.41) is 0. The van der Waals surface area contributed by atoms with E-state index in [1.807, 2.05) is 37.3 Å². The van der Waals surface area contributed by atoms with Gasteiger partial charge in [-0.2, -0.15) is 0 Å². The van der Waals surface area contributed by atoms with Gasteiger partial charge >= 0.3 is 0 Å². The monoisotopic (exact) mass is 376 g/mol. The lowest BCUT2D eigenvalue weighted by Gasteiger charge is -2.69. The van der Waals surface area contributed by atoms with E-state index >= 15 is 0 Å². The van der Waals surface area contributed by atoms with Crippen LogP contribution in [-0.2, 0) is 14.3 Å². The number of allylic oxidation sites excluding steroid dienone is 1. The van der Waals surface area contributed by atoms with Crippen LogP contribution >= 0.6 is 0 Å². The Labute approximate surface area is 164 Å². The third kappa shape index (κ3) is 1.60. The summed E-state index contributed by atoms with van der Waals surface area (Å²) < 4.78 is 5.98. The lowest BCUT2D eigenvalue weighted by Crippen LogP contribution is -2.75. The van der Waals surface area contributed by atoms with Crippen molar-refractivity contribution in [1.82, 2.24) is 0 Å². The number of carbonyl (C=O) groups is 2. The van der Waals surface area contributed by atoms with Crippen molar-refractivity contribution < 1.29 is 14.3 Å². The Morgan fingerprint density at radius 2 is 1.71 bits per heavy atom. The van der Waals surface area contributed by atoms with Crippen molar-refractivity contribution in [2.75, 3.05) is 11.5 Å². The summed E-state index contributed by atoms with van der Waals surface area (Å²) in [6.07, 6.45) is 8.67. The van der Waals surface area contributed by atoms with Crippen molar-refractivity contribution in [2.45, 2.75) is 38.1 Å². The third-order valence-electron chi connectivity index (χ3n) is 7.95. The van der Waals surface area contributed by atoms with Crippen molar-refractivity contribution in [2.24, 2.45) is 34.1 Å². The number of imide groups is 1. The van der Waals surface area contributed by atoms with Crippen LogP contribution in [0.25, 0.3) is 0 Å². The number of ether oxygens (including phenoxy) is 1. The number of rotatable bonds is 2. The first-order valence-corrected chi connectivity index (χ1v) is 10.5. The molecule has 5 nitrogen and oxygen atoms in total. The van der Waals surface area contributed by atoms with Crippen LogP contribution < -0.4 is 4.90 Å². The fourth-order valence-electron chi connectivity index (χ4n) is 7.05. The van der Waals surface area contributed by atoms with Crippen molar-refractivity contribution in [3.63, 3.8) is 0 Å². The fraction of sp³-hybridized carbons (Fsp3) is 0.522. The maximum Gasteiger partial charge on any atom is 0.238 e. The van der Waals surface area contributed by atoms with E-state index < -0.39 is 0 Å². The average molecular weight is 376 g/mol. The molecule has 7 rings (SSSR count). The van der Waals surface area contributed by atoms with Crippen LogP contribution in [0.1, 0.15) is 32.6 Å². The molecule has 2 amide bonds. The summed E-state index contributed by atoms with van der Waals surface area (Å²) in [5.74, 6) is 0.168. The smallest absolute Gasteiger partial charge is 0.238 e. The topological polar surface area (TPSA) is 59.0 Å². The molecule has 28 heavy (non-hydrogen) atoms. The predicted octanol–water partition coefficient (Wildman–Crippen LogP) is 3.36. The van der Waals surface area contributed by atoms with Gasteiger partial charge in [-0.15, -0.1) is 0 Å². The molecule has 4 aliphatic carbocycles. The second kappa shape index (κ2) is 5.34. The summed E-state index contributed by atoms with van der Waals surface area (Å²) in [5.41, 5.74) is 0.242. The van der Waals surface area contributed by atoms with E-state index in [-0.39, 0.29) is 46.4 Å². The van der Waals surface area contributed by atoms with Gasteiger partial charge < -0.3 is 4.74 Å². The second-order valence-corrected chi connectivity index (χ2v) is 8.79. The Morgan fingerprint density at radius 1 is 1.04 bits per heavy atom. The summed E-state index contributed by atoms with van der Waals surface area (Å²) >= 11 is 0. The number of para-hydroxylation sites is 1. The summed E-state index contributed by atoms with van der Waals surface area (Å²) in [7, 11) is 0. The molecular formula is C23H24N2O3. The van der Waals surface area contributed by atoms with Gasteiger partial charge in [-0.25, -0.2) is 4.99 Å². The highest BCUT2D eigenvalue weighted by Crippen LogP contribution is 2.72. The molecule has 3 fully saturated rings. The zero-order valence-electron chi connectivity index (χ0n) is 16.0. The van der Waals surface area contributed by atoms with E-state index in [4.69, 9.17) is 9.73 Å². The van der Waals surface area contributed by atoms with Gasteiger partial charge in [0.25, 0.3) is 0 Å². The average Bonchev–Trinajstić information content (AvgIpc) is 2.98. The second-order valence-electron chi connectivity index (χ2n) is 8.79. The molecule has 144 valence electrons. The minimum Gasteiger partial charge on any atom is -0.481 e. The maximum absolute atomic E-state index is 13.5. The highest BCUT2D eigenvalue weighted by atomic mass is 16.5. The molecule has 6 atom stereocenters. The van der Waals surface area contributed by atoms with Crippen molar-refractivity contribution in [3.05, 3.63) is 42.5 Å². The number of nitrogens with zero attached hydrogens (tertiary/aromatic N) is 2. The summed E-state index contributed by atoms with van der Waals surface area (Å²) in [4.78, 5) is 33.5. The first kappa shape index (κ1) is 16.5. The number of benzene rings is 1. The molecule has 0 unspecified atom stereocenters. The molecule has 0 spiro atoms. The van der Waals surface area contributed by atoms with E-state index in [9.17, 15) is 9.59 Å². The number of carbonyl (C=O) groups excluding carboxylic acids is 2. The molecule has 2 saturated carbocycles. The highest BCUT2D eigenvalue weighted by molar-refractivity contribution is 6.23. The normalized spacial score (nSPS) is 42.5. The Hall–Kier alpha value is -2.43. The first-order chi connectivity index (χ1) is 13.7. The molecule has 0 N–H and O–H groups in total. The SMILES string of the molecule is CCOC1=N[C@]23CCCC[C@]12[C@H]1C=C[C@H]3[C@@H]2C(=O)N(c3ccccc3)C(=O)[C@@H]21. The number of hydrogen-bond donors (Lipinski definition) is 0. The summed E-state index contributed by atoms with van der Waals surface area (Å²) in [6.45, 7) is 2.58. The third-order valence-corrected chi connectivity index (χ3v) is 7.95. The van der Waals surface area contributed by atoms with Crippen LogP contribution in [0.5, 0.6) is 0 Å². The standard InChI is InChI=1S/C23H24N2O3/c1-2-28-21-22-12-6-7-13-23(22,24-21)16-11-10-15(22)17-18(16)20(27)25(19(17)26)14-8-4-3-5-9-14/h3-5,8-11,15-18H,2,6-7,12-13H2,1H3/t15-,16-,17+,18-,22-,23-/m0/s1. The Morgan fingerprint density at radius 3 is 2.46 bits per heavy atom. The molecule has 6 aliphatic rings. The zero-order valence-corrected chi connectivity index (χ0v) is 16.0. The molecule has 2 bridgehead atoms. The van der Waals surface area contributed by atoms with Crippen molar-refractivity contribution in [3.8, 4) is 0 Å². The minimum absolute atomic E-state index is 0.00262. The lowest BCUT2D eigenvalue weighted by atomic mass is 9.37. The van der Waals surface area contributed by atoms with Gasteiger partial charge in [0.2, 0.25) is 11.8 Å². The van der Waals surface area contributed by atoms with Crippen LogP contribution in [-0.4, -0.2) is 29.9 Å². The molecule has 5 heteroatoms. The van der Waals surface area contributed by atoms with Crippen LogP contribution in [0.15, 0.2) is 47.5 Å². The number of amides is 2. The zero-order chi connectivity index (χ0) is 19.1. The molecule has 1 saturated heterocycles. The molecule has 2 aliphatic heterocycles. The largest absolute Gasteiger partial charge is 0.481 e. The van der Waals surface area contributed by atoms with Crippen LogP contribution in [0.2, 0.25) is 0 Å². The van der Waals surface area contributed by atoms with E-state index in [0.717, 1.165) is 31.6 Å². The van der Waals surface area contributed by atoms with Gasteiger partial charge in [-0.1, -0.05) is 43.2 Å². The quantitative estimate of drug-likeness (QED) is 0.587. The van der Waals surface area contributed by atoms with Crippen LogP contribution in [0.3, 0.4) is 0 Å². The Balaban J connectivity index is 1.49. The van der Waals surface area contributed by atoms with Gasteiger partial charge in [0.05, 0.1) is 35.1 Å². The number of hydrogen-bond acceptors (Lipinski definition) is 4. The van der Waals surface area contributed by atoms with E-state index in [1.54, 1.807) is 0 Å². The van der Waals surface area contributed by atoms with E-state index in [0.29, 0.717) is 12.3 Å². The Kier molecular flexibility index (Phi) is 3.15.